The molecule has 0 radical (unpaired) electrons. The second-order valence-corrected chi connectivity index (χ2v) is 17.4. The van der Waals surface area contributed by atoms with Crippen LogP contribution in [0.1, 0.15) is 73.1 Å². The normalized spacial score (nSPS) is 22.9. The standard InChI is InChI=1S/C52H58ClFN2O10/c1-2-25-64-52-48(56(51(59)60-26-22-53)31-36-18-20-46-47(27-36)63-34-62-46)30-44(55-65-32-35-12-4-3-5-13-35)41-28-37(14-8-10-23-57)40(16-9-11-24-58)49(50(41)52)42-29-39(19-21-45(42)66-52)61-33-38-15-6-7-17-43(38)54/h2-7,12-13,15,17-21,27-29,37,40,48-50,57-58H,1,8-11,14,16,22-26,30-34H2/t37-,40+,48-,49+,50+,52+/m0/s1. The van der Waals surface area contributed by atoms with Crippen molar-refractivity contribution < 1.29 is 52.7 Å². The number of carbonyl (C=O) groups is 1. The zero-order valence-corrected chi connectivity index (χ0v) is 37.8. The molecule has 14 heteroatoms. The molecule has 4 aliphatic rings. The molecular formula is C52H58ClFN2O10. The molecule has 0 unspecified atom stereocenters. The predicted molar refractivity (Wildman–Crippen MR) is 247 cm³/mol. The number of aliphatic hydroxyl groups excluding tert-OH is 2. The molecule has 1 fully saturated rings. The van der Waals surface area contributed by atoms with Crippen molar-refractivity contribution in [3.05, 3.63) is 143 Å². The average molecular weight is 925 g/mol. The molecule has 1 amide bonds. The largest absolute Gasteiger partial charge is 0.489 e. The van der Waals surface area contributed by atoms with E-state index in [0.717, 1.165) is 47.9 Å². The molecule has 8 rings (SSSR count). The van der Waals surface area contributed by atoms with Gasteiger partial charge in [-0.25, -0.2) is 9.18 Å². The van der Waals surface area contributed by atoms with E-state index in [1.807, 2.05) is 66.7 Å². The summed E-state index contributed by atoms with van der Waals surface area (Å²) >= 11 is 6.14. The molecule has 0 aromatic heterocycles. The first-order valence-corrected chi connectivity index (χ1v) is 23.4. The van der Waals surface area contributed by atoms with Crippen LogP contribution in [0.3, 0.4) is 0 Å². The molecule has 2 aliphatic heterocycles. The van der Waals surface area contributed by atoms with Crippen LogP contribution in [-0.2, 0) is 34.1 Å². The number of aliphatic hydroxyl groups is 2. The van der Waals surface area contributed by atoms with Crippen LogP contribution in [0.15, 0.2) is 120 Å². The average Bonchev–Trinajstić information content (AvgIpc) is 3.81. The SMILES string of the molecule is C=CCO[C@@]12Oc3ccc(OCc4ccccc4F)cc3[C@H]3[C@H](CCCCO)[C@@H](CCCCO)C=C(C(=NOCc4ccccc4)C[C@@H]1N(Cc1ccc4c(c1)OCO4)C(=O)OCCCl)[C@H]32. The van der Waals surface area contributed by atoms with Gasteiger partial charge in [0.25, 0.3) is 0 Å². The Bertz CT molecular complexity index is 2350. The van der Waals surface area contributed by atoms with Gasteiger partial charge in [-0.1, -0.05) is 84.7 Å². The van der Waals surface area contributed by atoms with Crippen LogP contribution in [0.25, 0.3) is 0 Å². The second kappa shape index (κ2) is 22.3. The second-order valence-electron chi connectivity index (χ2n) is 17.0. The minimum absolute atomic E-state index is 0.00633. The minimum atomic E-state index is -1.55. The van der Waals surface area contributed by atoms with Gasteiger partial charge in [0, 0.05) is 43.2 Å². The third kappa shape index (κ3) is 10.3. The lowest BCUT2D eigenvalue weighted by Gasteiger charge is -2.59. The van der Waals surface area contributed by atoms with Gasteiger partial charge in [0.05, 0.1) is 24.1 Å². The maximum Gasteiger partial charge on any atom is 0.410 e. The predicted octanol–water partition coefficient (Wildman–Crippen LogP) is 9.84. The first-order chi connectivity index (χ1) is 32.4. The zero-order chi connectivity index (χ0) is 45.9. The van der Waals surface area contributed by atoms with Gasteiger partial charge >= 0.3 is 6.09 Å². The Morgan fingerprint density at radius 3 is 2.47 bits per heavy atom. The van der Waals surface area contributed by atoms with Crippen molar-refractivity contribution >= 4 is 23.4 Å². The van der Waals surface area contributed by atoms with Gasteiger partial charge < -0.3 is 43.5 Å². The number of unbranched alkanes of at least 4 members (excludes halogenated alkanes) is 2. The van der Waals surface area contributed by atoms with Gasteiger partial charge in [0.2, 0.25) is 12.6 Å². The van der Waals surface area contributed by atoms with Crippen molar-refractivity contribution in [2.75, 3.05) is 39.1 Å². The molecule has 0 spiro atoms. The summed E-state index contributed by atoms with van der Waals surface area (Å²) in [6, 6.07) is 26.7. The molecular weight excluding hydrogens is 867 g/mol. The molecule has 4 aromatic rings. The molecule has 4 aromatic carbocycles. The third-order valence-electron chi connectivity index (χ3n) is 12.9. The van der Waals surface area contributed by atoms with E-state index in [4.69, 9.17) is 50.0 Å². The lowest BCUT2D eigenvalue weighted by atomic mass is 9.55. The summed E-state index contributed by atoms with van der Waals surface area (Å²) in [5.74, 6) is -0.506. The van der Waals surface area contributed by atoms with E-state index in [-0.39, 0.29) is 88.9 Å². The molecule has 2 N–H and O–H groups in total. The summed E-state index contributed by atoms with van der Waals surface area (Å²) < 4.78 is 52.9. The molecule has 350 valence electrons. The fourth-order valence-electron chi connectivity index (χ4n) is 10.0. The lowest BCUT2D eigenvalue weighted by molar-refractivity contribution is -0.256. The topological polar surface area (TPSA) is 138 Å². The van der Waals surface area contributed by atoms with Gasteiger partial charge in [-0.05, 0) is 90.6 Å². The van der Waals surface area contributed by atoms with Crippen LogP contribution in [0.4, 0.5) is 9.18 Å². The Kier molecular flexibility index (Phi) is 15.8. The van der Waals surface area contributed by atoms with Gasteiger partial charge in [0.15, 0.2) is 11.5 Å². The number of halogens is 2. The van der Waals surface area contributed by atoms with Crippen molar-refractivity contribution in [2.24, 2.45) is 22.9 Å². The monoisotopic (exact) mass is 924 g/mol. The quantitative estimate of drug-likeness (QED) is 0.0339. The number of fused-ring (bicyclic) bond motifs is 3. The van der Waals surface area contributed by atoms with Gasteiger partial charge in [0.1, 0.15) is 43.2 Å². The summed E-state index contributed by atoms with van der Waals surface area (Å²) in [6.07, 6.45) is 7.78. The summed E-state index contributed by atoms with van der Waals surface area (Å²) in [5.41, 5.74) is 4.48. The van der Waals surface area contributed by atoms with Crippen molar-refractivity contribution in [3.8, 4) is 23.0 Å². The summed E-state index contributed by atoms with van der Waals surface area (Å²) in [4.78, 5) is 22.6. The number of hydrogen-bond donors (Lipinski definition) is 2. The number of allylic oxidation sites excluding steroid dienone is 1. The van der Waals surface area contributed by atoms with E-state index in [2.05, 4.69) is 12.7 Å². The smallest absolute Gasteiger partial charge is 0.410 e. The van der Waals surface area contributed by atoms with E-state index < -0.39 is 23.8 Å². The van der Waals surface area contributed by atoms with E-state index in [9.17, 15) is 19.4 Å². The number of alkyl halides is 1. The minimum Gasteiger partial charge on any atom is -0.489 e. The van der Waals surface area contributed by atoms with Gasteiger partial charge in [-0.3, -0.25) is 4.90 Å². The Morgan fingerprint density at radius 1 is 0.909 bits per heavy atom. The number of benzene rings is 4. The highest BCUT2D eigenvalue weighted by atomic mass is 35.5. The Hall–Kier alpha value is -5.60. The Labute approximate surface area is 390 Å². The highest BCUT2D eigenvalue weighted by molar-refractivity contribution is 6.18. The molecule has 2 aliphatic carbocycles. The van der Waals surface area contributed by atoms with Gasteiger partial charge in [-0.2, -0.15) is 0 Å². The number of carbonyl (C=O) groups excluding carboxylic acids is 1. The first kappa shape index (κ1) is 46.9. The van der Waals surface area contributed by atoms with Gasteiger partial charge in [-0.15, -0.1) is 18.2 Å². The van der Waals surface area contributed by atoms with E-state index in [0.29, 0.717) is 47.1 Å². The van der Waals surface area contributed by atoms with Crippen molar-refractivity contribution in [1.29, 1.82) is 0 Å². The molecule has 12 nitrogen and oxygen atoms in total. The highest BCUT2D eigenvalue weighted by Gasteiger charge is 2.65. The number of oxime groups is 1. The van der Waals surface area contributed by atoms with Crippen LogP contribution in [0.5, 0.6) is 23.0 Å². The Balaban J connectivity index is 1.32. The third-order valence-corrected chi connectivity index (χ3v) is 13.1. The number of amides is 1. The van der Waals surface area contributed by atoms with Crippen molar-refractivity contribution in [1.82, 2.24) is 4.90 Å². The van der Waals surface area contributed by atoms with E-state index in [1.165, 1.54) is 6.07 Å². The summed E-state index contributed by atoms with van der Waals surface area (Å²) in [7, 11) is 0. The first-order valence-electron chi connectivity index (χ1n) is 22.9. The van der Waals surface area contributed by atoms with Crippen LogP contribution >= 0.6 is 11.6 Å². The maximum atomic E-state index is 14.8. The van der Waals surface area contributed by atoms with Crippen LogP contribution in [0, 0.1) is 23.6 Å². The molecule has 1 saturated carbocycles. The number of rotatable bonds is 22. The van der Waals surface area contributed by atoms with Crippen molar-refractivity contribution in [2.45, 2.75) is 82.5 Å². The summed E-state index contributed by atoms with van der Waals surface area (Å²) in [5, 5.41) is 24.9. The number of hydrogen-bond acceptors (Lipinski definition) is 11. The van der Waals surface area contributed by atoms with Crippen LogP contribution in [0.2, 0.25) is 0 Å². The molecule has 2 heterocycles. The van der Waals surface area contributed by atoms with Crippen molar-refractivity contribution in [3.63, 3.8) is 0 Å². The molecule has 0 saturated heterocycles. The molecule has 0 bridgehead atoms. The van der Waals surface area contributed by atoms with E-state index >= 15 is 0 Å². The number of ether oxygens (including phenoxy) is 6. The van der Waals surface area contributed by atoms with Crippen LogP contribution in [-0.4, -0.2) is 77.8 Å². The zero-order valence-electron chi connectivity index (χ0n) is 37.0. The fourth-order valence-corrected chi connectivity index (χ4v) is 10.1. The maximum absolute atomic E-state index is 14.8. The highest BCUT2D eigenvalue weighted by Crippen LogP contribution is 2.62. The Morgan fingerprint density at radius 2 is 1.68 bits per heavy atom. The van der Waals surface area contributed by atoms with E-state index in [1.54, 1.807) is 29.2 Å². The molecule has 66 heavy (non-hydrogen) atoms. The fraction of sp³-hybridized carbons (Fsp3) is 0.423. The number of nitrogens with zero attached hydrogens (tertiary/aromatic N) is 2. The van der Waals surface area contributed by atoms with Crippen LogP contribution < -0.4 is 18.9 Å². The lowest BCUT2D eigenvalue weighted by Crippen LogP contribution is -2.70. The summed E-state index contributed by atoms with van der Waals surface area (Å²) in [6.45, 7) is 4.58. The molecule has 6 atom stereocenters.